The van der Waals surface area contributed by atoms with Gasteiger partial charge in [0.25, 0.3) is 0 Å². The van der Waals surface area contributed by atoms with Crippen LogP contribution in [-0.4, -0.2) is 12.1 Å². The van der Waals surface area contributed by atoms with Crippen molar-refractivity contribution in [2.75, 3.05) is 7.11 Å². The minimum absolute atomic E-state index is 0.211. The number of rotatable bonds is 6. The van der Waals surface area contributed by atoms with Crippen molar-refractivity contribution in [2.45, 2.75) is 19.5 Å². The van der Waals surface area contributed by atoms with Gasteiger partial charge in [-0.2, -0.15) is 11.3 Å². The Morgan fingerprint density at radius 2 is 2.09 bits per heavy atom. The Morgan fingerprint density at radius 1 is 1.23 bits per heavy atom. The van der Waals surface area contributed by atoms with Gasteiger partial charge in [0.05, 0.1) is 12.8 Å². The zero-order chi connectivity index (χ0) is 15.4. The second-order valence-corrected chi connectivity index (χ2v) is 6.64. The molecule has 1 unspecified atom stereocenters. The van der Waals surface area contributed by atoms with Crippen LogP contribution >= 0.6 is 22.7 Å². The summed E-state index contributed by atoms with van der Waals surface area (Å²) in [5, 5.41) is 10.9. The van der Waals surface area contributed by atoms with Crippen LogP contribution in [0.5, 0.6) is 5.75 Å². The minimum Gasteiger partial charge on any atom is -0.496 e. The Morgan fingerprint density at radius 3 is 2.86 bits per heavy atom. The molecule has 22 heavy (non-hydrogen) atoms. The molecule has 0 saturated carbocycles. The number of thiophene rings is 1. The van der Waals surface area contributed by atoms with Gasteiger partial charge in [0.2, 0.25) is 0 Å². The van der Waals surface area contributed by atoms with Crippen LogP contribution in [0.15, 0.2) is 46.5 Å². The molecule has 1 aromatic carbocycles. The summed E-state index contributed by atoms with van der Waals surface area (Å²) in [7, 11) is 1.71. The van der Waals surface area contributed by atoms with Crippen molar-refractivity contribution >= 4 is 22.7 Å². The largest absolute Gasteiger partial charge is 0.496 e. The molecule has 0 amide bonds. The molecule has 0 spiro atoms. The van der Waals surface area contributed by atoms with E-state index in [9.17, 15) is 0 Å². The number of hydrogen-bond donors (Lipinski definition) is 1. The highest BCUT2D eigenvalue weighted by molar-refractivity contribution is 7.14. The average Bonchev–Trinajstić information content (AvgIpc) is 3.23. The molecule has 1 N–H and O–H groups in total. The van der Waals surface area contributed by atoms with Crippen molar-refractivity contribution in [3.63, 3.8) is 0 Å². The first-order valence-corrected chi connectivity index (χ1v) is 8.93. The molecule has 3 aromatic rings. The average molecular weight is 330 g/mol. The molecule has 0 aliphatic carbocycles. The van der Waals surface area contributed by atoms with Crippen LogP contribution in [0, 0.1) is 0 Å². The third-order valence-corrected chi connectivity index (χ3v) is 5.14. The molecule has 2 aromatic heterocycles. The number of nitrogens with one attached hydrogen (secondary N) is 1. The van der Waals surface area contributed by atoms with Crippen molar-refractivity contribution in [2.24, 2.45) is 0 Å². The summed E-state index contributed by atoms with van der Waals surface area (Å²) < 4.78 is 5.42. The molecule has 5 heteroatoms. The van der Waals surface area contributed by atoms with Crippen LogP contribution in [0.1, 0.15) is 24.2 Å². The lowest BCUT2D eigenvalue weighted by atomic mass is 10.1. The van der Waals surface area contributed by atoms with E-state index in [-0.39, 0.29) is 6.04 Å². The van der Waals surface area contributed by atoms with Crippen LogP contribution in [0.4, 0.5) is 0 Å². The van der Waals surface area contributed by atoms with Gasteiger partial charge < -0.3 is 10.1 Å². The van der Waals surface area contributed by atoms with Gasteiger partial charge in [0, 0.05) is 34.5 Å². The maximum atomic E-state index is 5.42. The third-order valence-electron chi connectivity index (χ3n) is 3.51. The summed E-state index contributed by atoms with van der Waals surface area (Å²) in [6.07, 6.45) is 0. The first-order chi connectivity index (χ1) is 10.8. The Kier molecular flexibility index (Phi) is 4.87. The minimum atomic E-state index is 0.211. The normalized spacial score (nSPS) is 12.3. The van der Waals surface area contributed by atoms with E-state index in [2.05, 4.69) is 40.5 Å². The Hall–Kier alpha value is -1.69. The molecular formula is C17H18N2OS2. The molecule has 3 nitrogen and oxygen atoms in total. The molecular weight excluding hydrogens is 312 g/mol. The SMILES string of the molecule is COc1ccccc1C(C)NCc1csc(-c2ccsc2)n1. The highest BCUT2D eigenvalue weighted by atomic mass is 32.1. The highest BCUT2D eigenvalue weighted by Crippen LogP contribution is 2.27. The van der Waals surface area contributed by atoms with Crippen LogP contribution < -0.4 is 10.1 Å². The zero-order valence-electron chi connectivity index (χ0n) is 12.6. The quantitative estimate of drug-likeness (QED) is 0.709. The van der Waals surface area contributed by atoms with Crippen molar-refractivity contribution < 1.29 is 4.74 Å². The fraction of sp³-hybridized carbons (Fsp3) is 0.235. The molecule has 0 radical (unpaired) electrons. The van der Waals surface area contributed by atoms with Crippen LogP contribution in [0.2, 0.25) is 0 Å². The van der Waals surface area contributed by atoms with Gasteiger partial charge in [-0.15, -0.1) is 11.3 Å². The molecule has 1 atom stereocenters. The van der Waals surface area contributed by atoms with Gasteiger partial charge in [-0.1, -0.05) is 18.2 Å². The molecule has 0 aliphatic heterocycles. The van der Waals surface area contributed by atoms with Gasteiger partial charge in [0.15, 0.2) is 0 Å². The van der Waals surface area contributed by atoms with E-state index in [1.807, 2.05) is 18.2 Å². The first kappa shape index (κ1) is 15.2. The number of hydrogen-bond acceptors (Lipinski definition) is 5. The van der Waals surface area contributed by atoms with E-state index in [1.165, 1.54) is 11.1 Å². The second-order valence-electron chi connectivity index (χ2n) is 5.00. The fourth-order valence-corrected chi connectivity index (χ4v) is 3.83. The fourth-order valence-electron chi connectivity index (χ4n) is 2.30. The van der Waals surface area contributed by atoms with E-state index >= 15 is 0 Å². The van der Waals surface area contributed by atoms with Gasteiger partial charge >= 0.3 is 0 Å². The van der Waals surface area contributed by atoms with Crippen molar-refractivity contribution in [3.8, 4) is 16.3 Å². The Balaban J connectivity index is 1.65. The summed E-state index contributed by atoms with van der Waals surface area (Å²) in [6, 6.07) is 10.4. The molecule has 0 saturated heterocycles. The predicted octanol–water partition coefficient (Wildman–Crippen LogP) is 4.73. The number of aromatic nitrogens is 1. The lowest BCUT2D eigenvalue weighted by Gasteiger charge is -2.16. The molecule has 3 rings (SSSR count). The topological polar surface area (TPSA) is 34.1 Å². The first-order valence-electron chi connectivity index (χ1n) is 7.11. The summed E-state index contributed by atoms with van der Waals surface area (Å²) >= 11 is 3.39. The monoisotopic (exact) mass is 330 g/mol. The van der Waals surface area contributed by atoms with E-state index in [0.29, 0.717) is 0 Å². The number of nitrogens with zero attached hydrogens (tertiary/aromatic N) is 1. The Labute approximate surface area is 138 Å². The lowest BCUT2D eigenvalue weighted by molar-refractivity contribution is 0.401. The molecule has 114 valence electrons. The molecule has 0 bridgehead atoms. The number of thiazole rings is 1. The number of ether oxygens (including phenoxy) is 1. The highest BCUT2D eigenvalue weighted by Gasteiger charge is 2.11. The summed E-state index contributed by atoms with van der Waals surface area (Å²) in [5.74, 6) is 0.916. The van der Waals surface area contributed by atoms with Gasteiger partial charge in [-0.3, -0.25) is 0 Å². The molecule has 2 heterocycles. The van der Waals surface area contributed by atoms with E-state index < -0.39 is 0 Å². The van der Waals surface area contributed by atoms with Gasteiger partial charge in [-0.25, -0.2) is 4.98 Å². The van der Waals surface area contributed by atoms with Crippen LogP contribution in [0.25, 0.3) is 10.6 Å². The summed E-state index contributed by atoms with van der Waals surface area (Å²) in [6.45, 7) is 2.89. The smallest absolute Gasteiger partial charge is 0.124 e. The number of methoxy groups -OCH3 is 1. The lowest BCUT2D eigenvalue weighted by Crippen LogP contribution is -2.18. The molecule has 0 aliphatic rings. The number of para-hydroxylation sites is 1. The zero-order valence-corrected chi connectivity index (χ0v) is 14.2. The van der Waals surface area contributed by atoms with Crippen molar-refractivity contribution in [1.82, 2.24) is 10.3 Å². The van der Waals surface area contributed by atoms with Crippen LogP contribution in [-0.2, 0) is 6.54 Å². The standard InChI is InChI=1S/C17H18N2OS2/c1-12(15-5-3-4-6-16(15)20-2)18-9-14-11-22-17(19-14)13-7-8-21-10-13/h3-8,10-12,18H,9H2,1-2H3. The van der Waals surface area contributed by atoms with Gasteiger partial charge in [-0.05, 0) is 24.4 Å². The van der Waals surface area contributed by atoms with Gasteiger partial charge in [0.1, 0.15) is 10.8 Å². The van der Waals surface area contributed by atoms with E-state index in [1.54, 1.807) is 29.8 Å². The summed E-state index contributed by atoms with van der Waals surface area (Å²) in [4.78, 5) is 4.69. The summed E-state index contributed by atoms with van der Waals surface area (Å²) in [5.41, 5.74) is 3.45. The van der Waals surface area contributed by atoms with E-state index in [4.69, 9.17) is 9.72 Å². The predicted molar refractivity (Wildman–Crippen MR) is 93.7 cm³/mol. The van der Waals surface area contributed by atoms with Crippen molar-refractivity contribution in [1.29, 1.82) is 0 Å². The maximum absolute atomic E-state index is 5.42. The number of benzene rings is 1. The third kappa shape index (κ3) is 3.38. The maximum Gasteiger partial charge on any atom is 0.124 e. The van der Waals surface area contributed by atoms with Crippen molar-refractivity contribution in [3.05, 3.63) is 57.7 Å². The Bertz CT molecular complexity index is 722. The second kappa shape index (κ2) is 7.05. The molecule has 0 fully saturated rings. The van der Waals surface area contributed by atoms with Crippen LogP contribution in [0.3, 0.4) is 0 Å². The van der Waals surface area contributed by atoms with E-state index in [0.717, 1.165) is 23.0 Å².